The lowest BCUT2D eigenvalue weighted by Gasteiger charge is -2.34. The number of nitrogens with zero attached hydrogens (tertiary/aromatic N) is 2. The predicted molar refractivity (Wildman–Crippen MR) is 139 cm³/mol. The van der Waals surface area contributed by atoms with E-state index in [-0.39, 0.29) is 11.9 Å². The first-order valence-corrected chi connectivity index (χ1v) is 13.5. The Morgan fingerprint density at radius 3 is 2.11 bits per heavy atom. The van der Waals surface area contributed by atoms with Gasteiger partial charge in [-0.15, -0.1) is 0 Å². The molecule has 0 aliphatic carbocycles. The number of nitrogens with one attached hydrogen (secondary N) is 1. The van der Waals surface area contributed by atoms with Crippen molar-refractivity contribution in [3.05, 3.63) is 101 Å². The number of hydrogen-bond donors (Lipinski definition) is 1. The fourth-order valence-corrected chi connectivity index (χ4v) is 5.79. The van der Waals surface area contributed by atoms with Crippen molar-refractivity contribution in [3.63, 3.8) is 0 Å². The van der Waals surface area contributed by atoms with E-state index < -0.39 is 10.0 Å². The van der Waals surface area contributed by atoms with Gasteiger partial charge < -0.3 is 5.32 Å². The third kappa shape index (κ3) is 6.17. The number of aryl methyl sites for hydroxylation is 1. The van der Waals surface area contributed by atoms with Gasteiger partial charge in [-0.2, -0.15) is 4.31 Å². The van der Waals surface area contributed by atoms with Crippen LogP contribution in [0.2, 0.25) is 0 Å². The predicted octanol–water partition coefficient (Wildman–Crippen LogP) is 4.38. The Kier molecular flexibility index (Phi) is 8.00. The van der Waals surface area contributed by atoms with Crippen molar-refractivity contribution in [2.24, 2.45) is 0 Å². The monoisotopic (exact) mass is 491 g/mol. The molecule has 4 rings (SSSR count). The number of rotatable bonds is 8. The lowest BCUT2D eigenvalue weighted by Crippen LogP contribution is -2.48. The highest BCUT2D eigenvalue weighted by Gasteiger charge is 2.28. The van der Waals surface area contributed by atoms with Gasteiger partial charge in [0.15, 0.2) is 0 Å². The molecular weight excluding hydrogens is 458 g/mol. The summed E-state index contributed by atoms with van der Waals surface area (Å²) in [7, 11) is -3.45. The Labute approximate surface area is 208 Å². The molecule has 0 unspecified atom stereocenters. The van der Waals surface area contributed by atoms with E-state index in [2.05, 4.69) is 48.3 Å². The zero-order valence-corrected chi connectivity index (χ0v) is 21.2. The van der Waals surface area contributed by atoms with Crippen molar-refractivity contribution in [1.29, 1.82) is 0 Å². The number of piperazine rings is 1. The molecule has 184 valence electrons. The summed E-state index contributed by atoms with van der Waals surface area (Å²) < 4.78 is 27.2. The fourth-order valence-electron chi connectivity index (χ4n) is 4.35. The van der Waals surface area contributed by atoms with Crippen LogP contribution in [-0.2, 0) is 16.6 Å². The van der Waals surface area contributed by atoms with E-state index in [1.807, 2.05) is 30.3 Å². The Bertz CT molecular complexity index is 1220. The van der Waals surface area contributed by atoms with Crippen LogP contribution >= 0.6 is 0 Å². The smallest absolute Gasteiger partial charge is 0.251 e. The van der Waals surface area contributed by atoms with Gasteiger partial charge in [-0.3, -0.25) is 9.69 Å². The molecule has 1 fully saturated rings. The maximum Gasteiger partial charge on any atom is 0.251 e. The van der Waals surface area contributed by atoms with E-state index in [9.17, 15) is 13.2 Å². The molecule has 1 heterocycles. The van der Waals surface area contributed by atoms with Gasteiger partial charge in [0.25, 0.3) is 5.91 Å². The topological polar surface area (TPSA) is 69.7 Å². The molecule has 0 saturated carbocycles. The van der Waals surface area contributed by atoms with Crippen LogP contribution in [0.25, 0.3) is 0 Å². The van der Waals surface area contributed by atoms with E-state index >= 15 is 0 Å². The average Bonchev–Trinajstić information content (AvgIpc) is 2.89. The molecule has 1 atom stereocenters. The minimum Gasteiger partial charge on any atom is -0.345 e. The average molecular weight is 492 g/mol. The van der Waals surface area contributed by atoms with Crippen LogP contribution in [0.4, 0.5) is 0 Å². The molecule has 6 nitrogen and oxygen atoms in total. The van der Waals surface area contributed by atoms with Crippen molar-refractivity contribution < 1.29 is 13.2 Å². The summed E-state index contributed by atoms with van der Waals surface area (Å²) in [4.78, 5) is 15.4. The lowest BCUT2D eigenvalue weighted by atomic mass is 10.0. The van der Waals surface area contributed by atoms with Gasteiger partial charge in [0.2, 0.25) is 10.0 Å². The molecular formula is C28H33N3O3S. The van der Waals surface area contributed by atoms with Crippen molar-refractivity contribution in [2.45, 2.75) is 37.8 Å². The zero-order chi connectivity index (χ0) is 24.8. The normalized spacial score (nSPS) is 16.1. The molecule has 3 aromatic rings. The Morgan fingerprint density at radius 1 is 0.886 bits per heavy atom. The summed E-state index contributed by atoms with van der Waals surface area (Å²) in [5, 5.41) is 3.14. The second-order valence-corrected chi connectivity index (χ2v) is 11.0. The van der Waals surface area contributed by atoms with E-state index in [4.69, 9.17) is 0 Å². The first kappa shape index (κ1) is 25.1. The molecule has 7 heteroatoms. The number of amides is 1. The van der Waals surface area contributed by atoms with E-state index in [1.54, 1.807) is 28.6 Å². The molecule has 3 aromatic carbocycles. The maximum atomic E-state index is 12.8. The van der Waals surface area contributed by atoms with Gasteiger partial charge >= 0.3 is 0 Å². The first-order chi connectivity index (χ1) is 16.9. The first-order valence-electron chi connectivity index (χ1n) is 12.1. The van der Waals surface area contributed by atoms with Gasteiger partial charge in [0.1, 0.15) is 0 Å². The molecule has 1 N–H and O–H groups in total. The molecule has 0 aromatic heterocycles. The summed E-state index contributed by atoms with van der Waals surface area (Å²) in [5.74, 6) is -0.0799. The highest BCUT2D eigenvalue weighted by atomic mass is 32.2. The van der Waals surface area contributed by atoms with Gasteiger partial charge in [-0.25, -0.2) is 8.42 Å². The van der Waals surface area contributed by atoms with E-state index in [0.717, 1.165) is 24.1 Å². The minimum atomic E-state index is -3.45. The maximum absolute atomic E-state index is 12.8. The number of carbonyl (C=O) groups excluding carboxylic acids is 1. The molecule has 1 amide bonds. The van der Waals surface area contributed by atoms with Crippen molar-refractivity contribution in [2.75, 3.05) is 26.2 Å². The van der Waals surface area contributed by atoms with Crippen LogP contribution in [0.15, 0.2) is 83.8 Å². The molecule has 0 spiro atoms. The number of hydrogen-bond acceptors (Lipinski definition) is 4. The summed E-state index contributed by atoms with van der Waals surface area (Å²) >= 11 is 0. The van der Waals surface area contributed by atoms with Crippen molar-refractivity contribution >= 4 is 15.9 Å². The van der Waals surface area contributed by atoms with Gasteiger partial charge in [0.05, 0.1) is 10.9 Å². The quantitative estimate of drug-likeness (QED) is 0.508. The van der Waals surface area contributed by atoms with Crippen LogP contribution in [0.5, 0.6) is 0 Å². The fraction of sp³-hybridized carbons (Fsp3) is 0.321. The highest BCUT2D eigenvalue weighted by molar-refractivity contribution is 7.89. The van der Waals surface area contributed by atoms with Crippen molar-refractivity contribution in [1.82, 2.24) is 14.5 Å². The number of benzene rings is 3. The lowest BCUT2D eigenvalue weighted by molar-refractivity contribution is 0.0935. The van der Waals surface area contributed by atoms with Gasteiger partial charge in [-0.05, 0) is 48.7 Å². The Morgan fingerprint density at radius 2 is 1.51 bits per heavy atom. The summed E-state index contributed by atoms with van der Waals surface area (Å²) in [6.07, 6.45) is 0.818. The molecule has 0 bridgehead atoms. The Hall–Kier alpha value is -3.00. The third-order valence-corrected chi connectivity index (χ3v) is 8.44. The SMILES string of the molecule is CC[C@@H](NC(=O)c1ccc(CN2CCN(S(=O)(=O)c3ccccc3)CC2)cc1)c1ccc(C)cc1. The molecule has 0 radical (unpaired) electrons. The summed E-state index contributed by atoms with van der Waals surface area (Å²) in [5.41, 5.74) is 4.05. The van der Waals surface area contributed by atoms with Crippen molar-refractivity contribution in [3.8, 4) is 0 Å². The zero-order valence-electron chi connectivity index (χ0n) is 20.4. The molecule has 35 heavy (non-hydrogen) atoms. The van der Waals surface area contributed by atoms with Crippen LogP contribution in [0, 0.1) is 6.92 Å². The van der Waals surface area contributed by atoms with Crippen LogP contribution < -0.4 is 5.32 Å². The van der Waals surface area contributed by atoms with Crippen LogP contribution in [0.3, 0.4) is 0 Å². The summed E-state index contributed by atoms with van der Waals surface area (Å²) in [6, 6.07) is 24.5. The molecule has 1 saturated heterocycles. The second kappa shape index (κ2) is 11.2. The highest BCUT2D eigenvalue weighted by Crippen LogP contribution is 2.20. The van der Waals surface area contributed by atoms with E-state index in [1.165, 1.54) is 5.56 Å². The van der Waals surface area contributed by atoms with Gasteiger partial charge in [0, 0.05) is 38.3 Å². The molecule has 1 aliphatic heterocycles. The molecule has 1 aliphatic rings. The second-order valence-electron chi connectivity index (χ2n) is 9.04. The number of sulfonamides is 1. The van der Waals surface area contributed by atoms with E-state index in [0.29, 0.717) is 36.6 Å². The van der Waals surface area contributed by atoms with Crippen LogP contribution in [-0.4, -0.2) is 49.7 Å². The third-order valence-electron chi connectivity index (χ3n) is 6.53. The van der Waals surface area contributed by atoms with Gasteiger partial charge in [-0.1, -0.05) is 67.1 Å². The Balaban J connectivity index is 1.31. The summed E-state index contributed by atoms with van der Waals surface area (Å²) in [6.45, 7) is 7.12. The number of carbonyl (C=O) groups is 1. The standard InChI is InChI=1S/C28H33N3O3S/c1-3-27(24-13-9-22(2)10-14-24)29-28(32)25-15-11-23(12-16-25)21-30-17-19-31(20-18-30)35(33,34)26-7-5-4-6-8-26/h4-16,27H,3,17-21H2,1-2H3,(H,29,32)/t27-/m1/s1. The minimum absolute atomic E-state index is 0.0220. The van der Waals surface area contributed by atoms with Crippen LogP contribution in [0.1, 0.15) is 46.4 Å². The largest absolute Gasteiger partial charge is 0.345 e.